The average Bonchev–Trinajstić information content (AvgIpc) is 2.57. The second-order valence-corrected chi connectivity index (χ2v) is 4.93. The molecule has 0 saturated carbocycles. The van der Waals surface area contributed by atoms with Crippen LogP contribution in [0, 0.1) is 0 Å². The van der Waals surface area contributed by atoms with E-state index in [0.29, 0.717) is 27.9 Å². The summed E-state index contributed by atoms with van der Waals surface area (Å²) in [4.78, 5) is 15.3. The van der Waals surface area contributed by atoms with Gasteiger partial charge in [0, 0.05) is 24.2 Å². The third-order valence-corrected chi connectivity index (χ3v) is 3.67. The number of benzene rings is 1. The van der Waals surface area contributed by atoms with Gasteiger partial charge in [0.1, 0.15) is 11.4 Å². The lowest BCUT2D eigenvalue weighted by Gasteiger charge is -2.13. The van der Waals surface area contributed by atoms with Crippen LogP contribution in [0.4, 0.5) is 0 Å². The molecule has 0 atom stereocenters. The number of rotatable bonds is 2. The zero-order valence-electron chi connectivity index (χ0n) is 10.6. The van der Waals surface area contributed by atoms with Crippen LogP contribution < -0.4 is 0 Å². The number of phenols is 1. The quantitative estimate of drug-likeness (QED) is 0.672. The number of carbonyl (C=O) groups excluding carboxylic acids is 1. The molecule has 1 aliphatic heterocycles. The Morgan fingerprint density at radius 1 is 1.47 bits per heavy atom. The van der Waals surface area contributed by atoms with E-state index in [4.69, 9.17) is 23.8 Å². The summed E-state index contributed by atoms with van der Waals surface area (Å²) in [5.74, 6) is -0.103. The number of amides is 1. The molecule has 1 fully saturated rings. The van der Waals surface area contributed by atoms with Crippen molar-refractivity contribution in [2.45, 2.75) is 6.92 Å². The highest BCUT2D eigenvalue weighted by Crippen LogP contribution is 2.27. The molecule has 0 spiro atoms. The van der Waals surface area contributed by atoms with Crippen molar-refractivity contribution in [3.63, 3.8) is 0 Å². The molecular formula is C13H13ClN2O2S. The molecule has 1 aliphatic rings. The summed E-state index contributed by atoms with van der Waals surface area (Å²) in [6.45, 7) is 2.37. The van der Waals surface area contributed by atoms with E-state index in [2.05, 4.69) is 0 Å². The summed E-state index contributed by atoms with van der Waals surface area (Å²) in [5, 5.41) is 10.7. The van der Waals surface area contributed by atoms with Crippen molar-refractivity contribution >= 4 is 40.9 Å². The van der Waals surface area contributed by atoms with Crippen molar-refractivity contribution in [1.29, 1.82) is 0 Å². The third-order valence-electron chi connectivity index (χ3n) is 2.94. The molecule has 1 N–H and O–H groups in total. The molecule has 4 nitrogen and oxygen atoms in total. The van der Waals surface area contributed by atoms with Gasteiger partial charge < -0.3 is 10.0 Å². The summed E-state index contributed by atoms with van der Waals surface area (Å²) in [6, 6.07) is 4.68. The summed E-state index contributed by atoms with van der Waals surface area (Å²) < 4.78 is 0. The Bertz CT molecular complexity index is 586. The first-order valence-corrected chi connectivity index (χ1v) is 6.54. The van der Waals surface area contributed by atoms with Gasteiger partial charge in [0.15, 0.2) is 5.11 Å². The summed E-state index contributed by atoms with van der Waals surface area (Å²) >= 11 is 11.1. The van der Waals surface area contributed by atoms with Crippen LogP contribution >= 0.6 is 23.8 Å². The molecule has 2 rings (SSSR count). The van der Waals surface area contributed by atoms with Gasteiger partial charge in [-0.2, -0.15) is 0 Å². The zero-order valence-corrected chi connectivity index (χ0v) is 12.1. The van der Waals surface area contributed by atoms with Crippen molar-refractivity contribution in [3.8, 4) is 5.75 Å². The van der Waals surface area contributed by atoms with Gasteiger partial charge in [-0.05, 0) is 43.4 Å². The maximum absolute atomic E-state index is 12.2. The molecule has 1 saturated heterocycles. The molecule has 0 radical (unpaired) electrons. The standard InChI is InChI=1S/C13H13ClN2O2S/c1-3-16-12(18)10(15(2)13(16)19)7-8-6-9(14)4-5-11(8)17/h4-7,17H,3H2,1-2H3/b10-7+. The van der Waals surface area contributed by atoms with E-state index >= 15 is 0 Å². The maximum Gasteiger partial charge on any atom is 0.276 e. The first-order valence-electron chi connectivity index (χ1n) is 5.75. The van der Waals surface area contributed by atoms with E-state index in [1.54, 1.807) is 30.2 Å². The minimum atomic E-state index is -0.172. The largest absolute Gasteiger partial charge is 0.507 e. The molecule has 19 heavy (non-hydrogen) atoms. The van der Waals surface area contributed by atoms with Crippen molar-refractivity contribution in [1.82, 2.24) is 9.80 Å². The van der Waals surface area contributed by atoms with Crippen LogP contribution in [-0.2, 0) is 4.79 Å². The fraction of sp³-hybridized carbons (Fsp3) is 0.231. The fourth-order valence-corrected chi connectivity index (χ4v) is 2.37. The molecule has 1 heterocycles. The van der Waals surface area contributed by atoms with Crippen LogP contribution in [0.1, 0.15) is 12.5 Å². The lowest BCUT2D eigenvalue weighted by Crippen LogP contribution is -2.30. The molecule has 1 amide bonds. The second-order valence-electron chi connectivity index (χ2n) is 4.12. The predicted octanol–water partition coefficient (Wildman–Crippen LogP) is 2.47. The Morgan fingerprint density at radius 3 is 2.74 bits per heavy atom. The van der Waals surface area contributed by atoms with Crippen molar-refractivity contribution < 1.29 is 9.90 Å². The minimum absolute atomic E-state index is 0.0685. The number of halogens is 1. The lowest BCUT2D eigenvalue weighted by molar-refractivity contribution is -0.122. The van der Waals surface area contributed by atoms with Crippen molar-refractivity contribution in [2.75, 3.05) is 13.6 Å². The maximum atomic E-state index is 12.2. The summed E-state index contributed by atoms with van der Waals surface area (Å²) in [5.41, 5.74) is 0.910. The predicted molar refractivity (Wildman–Crippen MR) is 78.8 cm³/mol. The van der Waals surface area contributed by atoms with Crippen LogP contribution in [0.15, 0.2) is 23.9 Å². The smallest absolute Gasteiger partial charge is 0.276 e. The van der Waals surface area contributed by atoms with Crippen LogP contribution in [-0.4, -0.2) is 39.5 Å². The van der Waals surface area contributed by atoms with Crippen LogP contribution in [0.25, 0.3) is 6.08 Å². The number of carbonyl (C=O) groups is 1. The highest BCUT2D eigenvalue weighted by Gasteiger charge is 2.34. The summed E-state index contributed by atoms with van der Waals surface area (Å²) in [7, 11) is 1.73. The van der Waals surface area contributed by atoms with E-state index in [1.165, 1.54) is 11.0 Å². The molecule has 100 valence electrons. The molecule has 0 aliphatic carbocycles. The Hall–Kier alpha value is -1.59. The van der Waals surface area contributed by atoms with Crippen molar-refractivity contribution in [2.24, 2.45) is 0 Å². The Balaban J connectivity index is 2.46. The number of aromatic hydroxyl groups is 1. The second kappa shape index (κ2) is 5.19. The first kappa shape index (κ1) is 13.8. The van der Waals surface area contributed by atoms with E-state index in [1.807, 2.05) is 6.92 Å². The molecule has 1 aromatic rings. The van der Waals surface area contributed by atoms with E-state index in [0.717, 1.165) is 0 Å². The third kappa shape index (κ3) is 2.43. The van der Waals surface area contributed by atoms with Gasteiger partial charge in [-0.3, -0.25) is 9.69 Å². The van der Waals surface area contributed by atoms with E-state index in [-0.39, 0.29) is 11.7 Å². The van der Waals surface area contributed by atoms with Crippen LogP contribution in [0.3, 0.4) is 0 Å². The van der Waals surface area contributed by atoms with Gasteiger partial charge in [-0.1, -0.05) is 11.6 Å². The molecule has 0 aromatic heterocycles. The van der Waals surface area contributed by atoms with Gasteiger partial charge in [0.05, 0.1) is 0 Å². The number of likely N-dealkylation sites (N-methyl/N-ethyl adjacent to an activating group) is 2. The highest BCUT2D eigenvalue weighted by atomic mass is 35.5. The average molecular weight is 297 g/mol. The SMILES string of the molecule is CCN1C(=O)/C(=C\c2cc(Cl)ccc2O)N(C)C1=S. The molecule has 0 bridgehead atoms. The number of hydrogen-bond acceptors (Lipinski definition) is 3. The Kier molecular flexibility index (Phi) is 3.78. The topological polar surface area (TPSA) is 43.8 Å². The van der Waals surface area contributed by atoms with Gasteiger partial charge in [0.25, 0.3) is 5.91 Å². The van der Waals surface area contributed by atoms with Gasteiger partial charge in [0.2, 0.25) is 0 Å². The molecular weight excluding hydrogens is 284 g/mol. The van der Waals surface area contributed by atoms with Crippen molar-refractivity contribution in [3.05, 3.63) is 34.5 Å². The van der Waals surface area contributed by atoms with Crippen LogP contribution in [0.5, 0.6) is 5.75 Å². The number of hydrogen-bond donors (Lipinski definition) is 1. The Labute approximate surface area is 121 Å². The van der Waals surface area contributed by atoms with Gasteiger partial charge in [-0.15, -0.1) is 0 Å². The van der Waals surface area contributed by atoms with E-state index < -0.39 is 0 Å². The summed E-state index contributed by atoms with van der Waals surface area (Å²) in [6.07, 6.45) is 1.59. The lowest BCUT2D eigenvalue weighted by atomic mass is 10.1. The first-order chi connectivity index (χ1) is 8.95. The van der Waals surface area contributed by atoms with Gasteiger partial charge >= 0.3 is 0 Å². The van der Waals surface area contributed by atoms with E-state index in [9.17, 15) is 9.90 Å². The highest BCUT2D eigenvalue weighted by molar-refractivity contribution is 7.80. The zero-order chi connectivity index (χ0) is 14.2. The molecule has 6 heteroatoms. The Morgan fingerprint density at radius 2 is 2.16 bits per heavy atom. The molecule has 1 aromatic carbocycles. The monoisotopic (exact) mass is 296 g/mol. The van der Waals surface area contributed by atoms with Crippen LogP contribution in [0.2, 0.25) is 5.02 Å². The number of phenolic OH excluding ortho intramolecular Hbond substituents is 1. The molecule has 0 unspecified atom stereocenters. The minimum Gasteiger partial charge on any atom is -0.507 e. The normalized spacial score (nSPS) is 17.7. The number of nitrogens with zero attached hydrogens (tertiary/aromatic N) is 2. The van der Waals surface area contributed by atoms with Gasteiger partial charge in [-0.25, -0.2) is 0 Å². The fourth-order valence-electron chi connectivity index (χ4n) is 1.88. The number of thiocarbonyl (C=S) groups is 1.